The Morgan fingerprint density at radius 2 is 2.20 bits per heavy atom. The van der Waals surface area contributed by atoms with Crippen molar-refractivity contribution in [2.24, 2.45) is 5.92 Å². The number of allylic oxidation sites excluding steroid dienone is 2. The summed E-state index contributed by atoms with van der Waals surface area (Å²) in [7, 11) is 0. The molecule has 0 N–H and O–H groups in total. The minimum Gasteiger partial charge on any atom is -0.303 e. The second kappa shape index (κ2) is 5.21. The zero-order chi connectivity index (χ0) is 7.98. The van der Waals surface area contributed by atoms with Crippen molar-refractivity contribution in [2.45, 2.75) is 33.6 Å². The molecule has 0 rings (SSSR count). The summed E-state index contributed by atoms with van der Waals surface area (Å²) in [6.45, 7) is 6.23. The fourth-order valence-electron chi connectivity index (χ4n) is 0.915. The molecule has 0 aromatic rings. The van der Waals surface area contributed by atoms with Crippen molar-refractivity contribution in [1.82, 2.24) is 0 Å². The smallest absolute Gasteiger partial charge is 0.120 e. The standard InChI is InChI=1S/C9H16O/c1-4-8(2)7-9(3)5-6-10/h4,6,9H,5,7H2,1-3H3/b8-4+. The summed E-state index contributed by atoms with van der Waals surface area (Å²) in [4.78, 5) is 10.1. The molecule has 0 fully saturated rings. The van der Waals surface area contributed by atoms with Crippen LogP contribution in [0.15, 0.2) is 11.6 Å². The molecule has 0 radical (unpaired) electrons. The third kappa shape index (κ3) is 4.30. The van der Waals surface area contributed by atoms with Crippen LogP contribution in [0.1, 0.15) is 33.6 Å². The Hall–Kier alpha value is -0.590. The van der Waals surface area contributed by atoms with Gasteiger partial charge >= 0.3 is 0 Å². The highest BCUT2D eigenvalue weighted by molar-refractivity contribution is 5.49. The molecule has 0 aromatic carbocycles. The van der Waals surface area contributed by atoms with Crippen molar-refractivity contribution in [3.8, 4) is 0 Å². The van der Waals surface area contributed by atoms with Crippen molar-refractivity contribution < 1.29 is 4.79 Å². The van der Waals surface area contributed by atoms with E-state index >= 15 is 0 Å². The first-order valence-electron chi connectivity index (χ1n) is 3.76. The minimum absolute atomic E-state index is 0.508. The van der Waals surface area contributed by atoms with Crippen molar-refractivity contribution in [3.05, 3.63) is 11.6 Å². The molecule has 0 aromatic heterocycles. The number of hydrogen-bond acceptors (Lipinski definition) is 1. The summed E-state index contributed by atoms with van der Waals surface area (Å²) < 4.78 is 0. The molecule has 0 bridgehead atoms. The number of hydrogen-bond donors (Lipinski definition) is 0. The number of aldehydes is 1. The maximum atomic E-state index is 10.1. The summed E-state index contributed by atoms with van der Waals surface area (Å²) in [5.41, 5.74) is 1.37. The van der Waals surface area contributed by atoms with Gasteiger partial charge in [0.1, 0.15) is 6.29 Å². The summed E-state index contributed by atoms with van der Waals surface area (Å²) in [6, 6.07) is 0. The molecule has 58 valence electrons. The molecule has 1 nitrogen and oxygen atoms in total. The molecule has 0 saturated carbocycles. The average molecular weight is 140 g/mol. The first-order valence-corrected chi connectivity index (χ1v) is 3.76. The zero-order valence-corrected chi connectivity index (χ0v) is 7.05. The van der Waals surface area contributed by atoms with Crippen LogP contribution in [-0.2, 0) is 4.79 Å². The monoisotopic (exact) mass is 140 g/mol. The van der Waals surface area contributed by atoms with Crippen molar-refractivity contribution in [3.63, 3.8) is 0 Å². The summed E-state index contributed by atoms with van der Waals surface area (Å²) in [6.07, 6.45) is 4.83. The van der Waals surface area contributed by atoms with Crippen LogP contribution < -0.4 is 0 Å². The summed E-state index contributed by atoms with van der Waals surface area (Å²) >= 11 is 0. The third-order valence-electron chi connectivity index (χ3n) is 1.66. The molecular formula is C9H16O. The molecule has 0 heterocycles. The Kier molecular flexibility index (Phi) is 4.91. The highest BCUT2D eigenvalue weighted by Gasteiger charge is 2.00. The van der Waals surface area contributed by atoms with E-state index in [1.54, 1.807) is 0 Å². The maximum Gasteiger partial charge on any atom is 0.120 e. The molecule has 0 amide bonds. The topological polar surface area (TPSA) is 17.1 Å². The third-order valence-corrected chi connectivity index (χ3v) is 1.66. The first kappa shape index (κ1) is 9.41. The van der Waals surface area contributed by atoms with Crippen LogP contribution in [0.25, 0.3) is 0 Å². The van der Waals surface area contributed by atoms with Crippen LogP contribution in [-0.4, -0.2) is 6.29 Å². The van der Waals surface area contributed by atoms with Gasteiger partial charge in [0.05, 0.1) is 0 Å². The van der Waals surface area contributed by atoms with E-state index in [9.17, 15) is 4.79 Å². The molecule has 0 spiro atoms. The molecule has 1 atom stereocenters. The molecule has 0 aliphatic heterocycles. The number of rotatable bonds is 4. The van der Waals surface area contributed by atoms with Gasteiger partial charge in [-0.05, 0) is 26.2 Å². The van der Waals surface area contributed by atoms with Crippen molar-refractivity contribution in [1.29, 1.82) is 0 Å². The Labute approximate surface area is 63.1 Å². The van der Waals surface area contributed by atoms with Crippen molar-refractivity contribution in [2.75, 3.05) is 0 Å². The Bertz CT molecular complexity index is 125. The lowest BCUT2D eigenvalue weighted by molar-refractivity contribution is -0.108. The van der Waals surface area contributed by atoms with E-state index in [1.165, 1.54) is 5.57 Å². The summed E-state index contributed by atoms with van der Waals surface area (Å²) in [5, 5.41) is 0. The SMILES string of the molecule is C/C=C(\C)CC(C)CC=O. The number of carbonyl (C=O) groups is 1. The van der Waals surface area contributed by atoms with Gasteiger partial charge in [-0.15, -0.1) is 0 Å². The van der Waals surface area contributed by atoms with E-state index in [-0.39, 0.29) is 0 Å². The van der Waals surface area contributed by atoms with Crippen LogP contribution in [0.5, 0.6) is 0 Å². The van der Waals surface area contributed by atoms with Gasteiger partial charge in [-0.2, -0.15) is 0 Å². The zero-order valence-electron chi connectivity index (χ0n) is 7.05. The fraction of sp³-hybridized carbons (Fsp3) is 0.667. The van der Waals surface area contributed by atoms with E-state index in [2.05, 4.69) is 19.9 Å². The quantitative estimate of drug-likeness (QED) is 0.433. The molecule has 0 aliphatic rings. The van der Waals surface area contributed by atoms with Crippen LogP contribution >= 0.6 is 0 Å². The van der Waals surface area contributed by atoms with Gasteiger partial charge in [-0.3, -0.25) is 0 Å². The first-order chi connectivity index (χ1) is 4.70. The lowest BCUT2D eigenvalue weighted by Crippen LogP contribution is -1.95. The van der Waals surface area contributed by atoms with Gasteiger partial charge in [0.15, 0.2) is 0 Å². The van der Waals surface area contributed by atoms with Crippen LogP contribution in [0.3, 0.4) is 0 Å². The fourth-order valence-corrected chi connectivity index (χ4v) is 0.915. The second-order valence-corrected chi connectivity index (χ2v) is 2.85. The lowest BCUT2D eigenvalue weighted by Gasteiger charge is -2.06. The Morgan fingerprint density at radius 3 is 2.60 bits per heavy atom. The van der Waals surface area contributed by atoms with Gasteiger partial charge in [0.25, 0.3) is 0 Å². The van der Waals surface area contributed by atoms with E-state index in [0.717, 1.165) is 12.7 Å². The lowest BCUT2D eigenvalue weighted by atomic mass is 10.00. The molecule has 1 unspecified atom stereocenters. The van der Waals surface area contributed by atoms with Crippen LogP contribution in [0, 0.1) is 5.92 Å². The second-order valence-electron chi connectivity index (χ2n) is 2.85. The maximum absolute atomic E-state index is 10.1. The molecule has 10 heavy (non-hydrogen) atoms. The normalized spacial score (nSPS) is 14.9. The van der Waals surface area contributed by atoms with Crippen molar-refractivity contribution >= 4 is 6.29 Å². The summed E-state index contributed by atoms with van der Waals surface area (Å²) in [5.74, 6) is 0.508. The van der Waals surface area contributed by atoms with E-state index < -0.39 is 0 Å². The highest BCUT2D eigenvalue weighted by atomic mass is 16.1. The average Bonchev–Trinajstić information content (AvgIpc) is 1.88. The minimum atomic E-state index is 0.508. The van der Waals surface area contributed by atoms with Gasteiger partial charge in [-0.25, -0.2) is 0 Å². The largest absolute Gasteiger partial charge is 0.303 e. The predicted molar refractivity (Wildman–Crippen MR) is 43.9 cm³/mol. The Balaban J connectivity index is 3.56. The van der Waals surface area contributed by atoms with Gasteiger partial charge in [0.2, 0.25) is 0 Å². The predicted octanol–water partition coefficient (Wildman–Crippen LogP) is 2.57. The highest BCUT2D eigenvalue weighted by Crippen LogP contribution is 2.12. The Morgan fingerprint density at radius 1 is 1.60 bits per heavy atom. The van der Waals surface area contributed by atoms with E-state index in [4.69, 9.17) is 0 Å². The number of carbonyl (C=O) groups excluding carboxylic acids is 1. The van der Waals surface area contributed by atoms with Crippen LogP contribution in [0.4, 0.5) is 0 Å². The molecule has 0 saturated heterocycles. The van der Waals surface area contributed by atoms with Crippen LogP contribution in [0.2, 0.25) is 0 Å². The van der Waals surface area contributed by atoms with Gasteiger partial charge in [0, 0.05) is 6.42 Å². The van der Waals surface area contributed by atoms with Gasteiger partial charge < -0.3 is 4.79 Å². The molecule has 0 aliphatic carbocycles. The van der Waals surface area contributed by atoms with E-state index in [0.29, 0.717) is 12.3 Å². The molecular weight excluding hydrogens is 124 g/mol. The van der Waals surface area contributed by atoms with E-state index in [1.807, 2.05) is 6.92 Å². The molecule has 1 heteroatoms. The van der Waals surface area contributed by atoms with Gasteiger partial charge in [-0.1, -0.05) is 18.6 Å².